The van der Waals surface area contributed by atoms with Crippen LogP contribution >= 0.6 is 0 Å². The summed E-state index contributed by atoms with van der Waals surface area (Å²) in [5.41, 5.74) is -4.01. The molecule has 2 N–H and O–H groups in total. The van der Waals surface area contributed by atoms with Crippen molar-refractivity contribution in [3.8, 4) is 0 Å². The van der Waals surface area contributed by atoms with E-state index in [1.807, 2.05) is 0 Å². The van der Waals surface area contributed by atoms with Gasteiger partial charge in [-0.2, -0.15) is 0 Å². The number of carbonyl (C=O) groups excluding carboxylic acids is 3. The number of rotatable bonds is 0. The van der Waals surface area contributed by atoms with Crippen LogP contribution < -0.4 is 0 Å². The van der Waals surface area contributed by atoms with E-state index in [0.29, 0.717) is 0 Å². The van der Waals surface area contributed by atoms with Crippen LogP contribution in [-0.4, -0.2) is 52.4 Å². The standard InChI is InChI=1S/C15H18O7/c1-6-7(16)3-8-13(2)5-21-12(19)15(13,20)9-4-14(6,8)10(17)11(18)22-9/h6,8-10,17,20H,3-5H2,1-2H3/t6-,8?,9+,10+,13-,14+,15+/m0/s1. The Balaban J connectivity index is 1.97. The molecule has 0 aromatic rings. The fourth-order valence-corrected chi connectivity index (χ4v) is 5.40. The Hall–Kier alpha value is -1.47. The third kappa shape index (κ3) is 1.14. The quantitative estimate of drug-likeness (QED) is 0.563. The lowest BCUT2D eigenvalue weighted by Gasteiger charge is -2.59. The van der Waals surface area contributed by atoms with Gasteiger partial charge in [0.15, 0.2) is 6.10 Å². The van der Waals surface area contributed by atoms with Crippen LogP contribution in [0, 0.1) is 22.7 Å². The van der Waals surface area contributed by atoms with Crippen molar-refractivity contribution in [3.63, 3.8) is 0 Å². The van der Waals surface area contributed by atoms with Gasteiger partial charge in [0, 0.05) is 23.2 Å². The van der Waals surface area contributed by atoms with Gasteiger partial charge in [0.05, 0.1) is 0 Å². The van der Waals surface area contributed by atoms with Crippen LogP contribution in [0.25, 0.3) is 0 Å². The highest BCUT2D eigenvalue weighted by Crippen LogP contribution is 2.68. The average Bonchev–Trinajstić information content (AvgIpc) is 2.87. The van der Waals surface area contributed by atoms with E-state index in [2.05, 4.69) is 0 Å². The van der Waals surface area contributed by atoms with Crippen molar-refractivity contribution in [2.24, 2.45) is 22.7 Å². The second kappa shape index (κ2) is 3.71. The maximum Gasteiger partial charge on any atom is 0.342 e. The first-order valence-corrected chi connectivity index (χ1v) is 7.50. The van der Waals surface area contributed by atoms with E-state index in [1.54, 1.807) is 13.8 Å². The summed E-state index contributed by atoms with van der Waals surface area (Å²) in [6.07, 6.45) is -2.30. The minimum absolute atomic E-state index is 0.0461. The van der Waals surface area contributed by atoms with Crippen molar-refractivity contribution in [1.29, 1.82) is 0 Å². The molecule has 2 saturated carbocycles. The Morgan fingerprint density at radius 2 is 1.95 bits per heavy atom. The number of hydrogen-bond acceptors (Lipinski definition) is 7. The van der Waals surface area contributed by atoms with Crippen molar-refractivity contribution < 1.29 is 34.1 Å². The number of carbonyl (C=O) groups is 3. The number of fused-ring (bicyclic) bond motifs is 4. The Morgan fingerprint density at radius 1 is 1.27 bits per heavy atom. The zero-order valence-corrected chi connectivity index (χ0v) is 12.4. The Kier molecular flexibility index (Phi) is 2.38. The van der Waals surface area contributed by atoms with Gasteiger partial charge in [-0.25, -0.2) is 9.59 Å². The fraction of sp³-hybridized carbons (Fsp3) is 0.800. The molecule has 1 spiro atoms. The van der Waals surface area contributed by atoms with Crippen LogP contribution in [-0.2, 0) is 23.9 Å². The molecule has 4 aliphatic rings. The summed E-state index contributed by atoms with van der Waals surface area (Å²) in [6.45, 7) is 3.34. The topological polar surface area (TPSA) is 110 Å². The lowest BCUT2D eigenvalue weighted by molar-refractivity contribution is -0.268. The molecule has 4 fully saturated rings. The molecule has 7 heteroatoms. The van der Waals surface area contributed by atoms with Gasteiger partial charge in [0.1, 0.15) is 18.5 Å². The molecule has 4 rings (SSSR count). The monoisotopic (exact) mass is 310 g/mol. The highest BCUT2D eigenvalue weighted by atomic mass is 16.6. The van der Waals surface area contributed by atoms with E-state index >= 15 is 0 Å². The van der Waals surface area contributed by atoms with Crippen LogP contribution in [0.5, 0.6) is 0 Å². The highest BCUT2D eigenvalue weighted by Gasteiger charge is 2.80. The fourth-order valence-electron chi connectivity index (χ4n) is 5.40. The molecular weight excluding hydrogens is 292 g/mol. The van der Waals surface area contributed by atoms with E-state index in [-0.39, 0.29) is 25.2 Å². The van der Waals surface area contributed by atoms with Crippen molar-refractivity contribution in [3.05, 3.63) is 0 Å². The summed E-state index contributed by atoms with van der Waals surface area (Å²) in [4.78, 5) is 36.6. The minimum Gasteiger partial charge on any atom is -0.463 e. The van der Waals surface area contributed by atoms with Gasteiger partial charge >= 0.3 is 11.9 Å². The van der Waals surface area contributed by atoms with Gasteiger partial charge in [0.25, 0.3) is 0 Å². The normalized spacial score (nSPS) is 56.3. The maximum absolute atomic E-state index is 12.3. The summed E-state index contributed by atoms with van der Waals surface area (Å²) in [5.74, 6) is -2.79. The maximum atomic E-state index is 12.3. The lowest BCUT2D eigenvalue weighted by atomic mass is 9.46. The van der Waals surface area contributed by atoms with E-state index in [0.717, 1.165) is 0 Å². The average molecular weight is 310 g/mol. The Labute approximate surface area is 126 Å². The van der Waals surface area contributed by atoms with Crippen molar-refractivity contribution >= 4 is 17.7 Å². The van der Waals surface area contributed by atoms with Crippen LogP contribution in [0.2, 0.25) is 0 Å². The molecule has 7 atom stereocenters. The largest absolute Gasteiger partial charge is 0.463 e. The third-order valence-corrected chi connectivity index (χ3v) is 6.79. The number of hydrogen-bond donors (Lipinski definition) is 2. The number of esters is 2. The zero-order chi connectivity index (χ0) is 16.1. The molecule has 7 nitrogen and oxygen atoms in total. The molecular formula is C15H18O7. The molecule has 0 amide bonds. The van der Waals surface area contributed by atoms with Crippen LogP contribution in [0.1, 0.15) is 26.7 Å². The van der Waals surface area contributed by atoms with Gasteiger partial charge in [-0.1, -0.05) is 13.8 Å². The third-order valence-electron chi connectivity index (χ3n) is 6.79. The molecule has 0 radical (unpaired) electrons. The summed E-state index contributed by atoms with van der Waals surface area (Å²) < 4.78 is 10.2. The van der Waals surface area contributed by atoms with Gasteiger partial charge in [-0.15, -0.1) is 0 Å². The second-order valence-electron chi connectivity index (χ2n) is 7.35. The molecule has 2 saturated heterocycles. The van der Waals surface area contributed by atoms with Crippen LogP contribution in [0.4, 0.5) is 0 Å². The Bertz CT molecular complexity index is 615. The van der Waals surface area contributed by atoms with Crippen LogP contribution in [0.3, 0.4) is 0 Å². The van der Waals surface area contributed by atoms with E-state index in [1.165, 1.54) is 0 Å². The smallest absolute Gasteiger partial charge is 0.342 e. The SMILES string of the molecule is C[C@H]1C(=O)CC2[C@@]13C[C@@H](OC(=O)[C@H]3O)[C@@]1(O)C(=O)OC[C@@]21C. The predicted octanol–water partition coefficient (Wildman–Crippen LogP) is -0.818. The van der Waals surface area contributed by atoms with Crippen molar-refractivity contribution in [1.82, 2.24) is 0 Å². The summed E-state index contributed by atoms with van der Waals surface area (Å²) in [6, 6.07) is 0. The molecule has 2 aliphatic heterocycles. The van der Waals surface area contributed by atoms with Crippen molar-refractivity contribution in [2.45, 2.75) is 44.5 Å². The number of Topliss-reactive ketones (excluding diaryl/α,β-unsaturated/α-hetero) is 1. The summed E-state index contributed by atoms with van der Waals surface area (Å²) >= 11 is 0. The van der Waals surface area contributed by atoms with Gasteiger partial charge in [-0.3, -0.25) is 4.79 Å². The number of aliphatic hydroxyl groups is 2. The molecule has 2 bridgehead atoms. The first-order valence-electron chi connectivity index (χ1n) is 7.50. The highest BCUT2D eigenvalue weighted by molar-refractivity contribution is 5.91. The minimum atomic E-state index is -1.96. The number of cyclic esters (lactones) is 1. The molecule has 0 aromatic heterocycles. The van der Waals surface area contributed by atoms with Gasteiger partial charge < -0.3 is 19.7 Å². The molecule has 2 aliphatic carbocycles. The lowest BCUT2D eigenvalue weighted by Crippen LogP contribution is -2.73. The molecule has 2 heterocycles. The molecule has 0 aromatic carbocycles. The van der Waals surface area contributed by atoms with Gasteiger partial charge in [-0.05, 0) is 12.3 Å². The first kappa shape index (κ1) is 14.1. The van der Waals surface area contributed by atoms with Crippen molar-refractivity contribution in [2.75, 3.05) is 6.61 Å². The van der Waals surface area contributed by atoms with E-state index in [9.17, 15) is 24.6 Å². The number of ketones is 1. The number of ether oxygens (including phenoxy) is 2. The molecule has 22 heavy (non-hydrogen) atoms. The van der Waals surface area contributed by atoms with E-state index in [4.69, 9.17) is 9.47 Å². The molecule has 120 valence electrons. The predicted molar refractivity (Wildman–Crippen MR) is 69.2 cm³/mol. The van der Waals surface area contributed by atoms with Gasteiger partial charge in [0.2, 0.25) is 5.60 Å². The zero-order valence-electron chi connectivity index (χ0n) is 12.4. The number of aliphatic hydroxyl groups excluding tert-OH is 1. The Morgan fingerprint density at radius 3 is 2.64 bits per heavy atom. The van der Waals surface area contributed by atoms with Crippen LogP contribution in [0.15, 0.2) is 0 Å². The first-order chi connectivity index (χ1) is 10.2. The molecule has 1 unspecified atom stereocenters. The summed E-state index contributed by atoms with van der Waals surface area (Å²) in [5, 5.41) is 21.5. The van der Waals surface area contributed by atoms with E-state index < -0.39 is 52.4 Å². The summed E-state index contributed by atoms with van der Waals surface area (Å²) in [7, 11) is 0. The second-order valence-corrected chi connectivity index (χ2v) is 7.35.